The van der Waals surface area contributed by atoms with E-state index in [1.165, 1.54) is 26.2 Å². The summed E-state index contributed by atoms with van der Waals surface area (Å²) >= 11 is 0. The van der Waals surface area contributed by atoms with Crippen molar-refractivity contribution < 1.29 is 4.74 Å². The Morgan fingerprint density at radius 1 is 1.08 bits per heavy atom. The number of rotatable bonds is 5. The van der Waals surface area contributed by atoms with E-state index in [0.717, 1.165) is 26.1 Å². The fraction of sp³-hybridized carbons (Fsp3) is 0.900. The first-order valence-electron chi connectivity index (χ1n) is 5.09. The molecule has 1 rings (SSSR count). The number of nitrogens with zero attached hydrogens (tertiary/aromatic N) is 2. The summed E-state index contributed by atoms with van der Waals surface area (Å²) in [5.74, 6) is 0. The number of hydrogen-bond donors (Lipinski definition) is 0. The van der Waals surface area contributed by atoms with Crippen LogP contribution in [0, 0.1) is 6.92 Å². The number of ether oxygens (including phenoxy) is 1. The topological polar surface area (TPSA) is 15.7 Å². The van der Waals surface area contributed by atoms with Gasteiger partial charge >= 0.3 is 0 Å². The van der Waals surface area contributed by atoms with Crippen LogP contribution < -0.4 is 0 Å². The predicted octanol–water partition coefficient (Wildman–Crippen LogP) is 0.475. The average molecular weight is 185 g/mol. The largest absolute Gasteiger partial charge is 0.383 e. The molecule has 0 atom stereocenters. The van der Waals surface area contributed by atoms with Gasteiger partial charge in [0.1, 0.15) is 0 Å². The zero-order valence-electron chi connectivity index (χ0n) is 8.67. The summed E-state index contributed by atoms with van der Waals surface area (Å²) in [6.07, 6.45) is 1.03. The fourth-order valence-corrected chi connectivity index (χ4v) is 1.68. The van der Waals surface area contributed by atoms with Crippen molar-refractivity contribution in [3.8, 4) is 0 Å². The third kappa shape index (κ3) is 4.07. The lowest BCUT2D eigenvalue weighted by Gasteiger charge is -2.34. The second-order valence-electron chi connectivity index (χ2n) is 3.53. The van der Waals surface area contributed by atoms with Crippen LogP contribution in [0.3, 0.4) is 0 Å². The highest BCUT2D eigenvalue weighted by Crippen LogP contribution is 2.01. The van der Waals surface area contributed by atoms with E-state index in [1.807, 2.05) is 0 Å². The van der Waals surface area contributed by atoms with Crippen LogP contribution >= 0.6 is 0 Å². The van der Waals surface area contributed by atoms with Crippen LogP contribution in [-0.4, -0.2) is 62.8 Å². The Bertz CT molecular complexity index is 122. The lowest BCUT2D eigenvalue weighted by atomic mass is 10.3. The molecule has 13 heavy (non-hydrogen) atoms. The minimum Gasteiger partial charge on any atom is -0.383 e. The lowest BCUT2D eigenvalue weighted by molar-refractivity contribution is 0.0978. The quantitative estimate of drug-likeness (QED) is 0.619. The summed E-state index contributed by atoms with van der Waals surface area (Å²) in [7, 11) is 1.76. The number of methoxy groups -OCH3 is 1. The summed E-state index contributed by atoms with van der Waals surface area (Å²) in [4.78, 5) is 4.94. The second kappa shape index (κ2) is 6.35. The number of hydrogen-bond acceptors (Lipinski definition) is 3. The minimum atomic E-state index is 0.856. The van der Waals surface area contributed by atoms with Gasteiger partial charge in [0.05, 0.1) is 6.61 Å². The molecule has 0 aliphatic carbocycles. The Morgan fingerprint density at radius 3 is 2.08 bits per heavy atom. The first kappa shape index (κ1) is 11.0. The van der Waals surface area contributed by atoms with E-state index in [-0.39, 0.29) is 0 Å². The van der Waals surface area contributed by atoms with E-state index in [4.69, 9.17) is 4.74 Å². The van der Waals surface area contributed by atoms with E-state index in [1.54, 1.807) is 7.11 Å². The van der Waals surface area contributed by atoms with Crippen LogP contribution in [0.5, 0.6) is 0 Å². The van der Waals surface area contributed by atoms with Gasteiger partial charge in [-0.15, -0.1) is 0 Å². The molecule has 1 aliphatic rings. The Hall–Kier alpha value is -0.120. The smallest absolute Gasteiger partial charge is 0.0589 e. The molecule has 0 bridgehead atoms. The fourth-order valence-electron chi connectivity index (χ4n) is 1.68. The first-order chi connectivity index (χ1) is 6.36. The van der Waals surface area contributed by atoms with E-state index in [9.17, 15) is 0 Å². The molecule has 3 heteroatoms. The van der Waals surface area contributed by atoms with Crippen molar-refractivity contribution in [1.29, 1.82) is 0 Å². The van der Waals surface area contributed by atoms with E-state index < -0.39 is 0 Å². The highest BCUT2D eigenvalue weighted by molar-refractivity contribution is 4.71. The summed E-state index contributed by atoms with van der Waals surface area (Å²) < 4.78 is 5.05. The van der Waals surface area contributed by atoms with Gasteiger partial charge in [0.25, 0.3) is 0 Å². The molecule has 1 saturated heterocycles. The summed E-state index contributed by atoms with van der Waals surface area (Å²) in [6, 6.07) is 0. The third-order valence-corrected chi connectivity index (χ3v) is 2.55. The van der Waals surface area contributed by atoms with Gasteiger partial charge in [-0.25, -0.2) is 0 Å². The number of piperazine rings is 1. The van der Waals surface area contributed by atoms with Gasteiger partial charge in [0, 0.05) is 39.8 Å². The van der Waals surface area contributed by atoms with Crippen molar-refractivity contribution in [2.24, 2.45) is 0 Å². The summed E-state index contributed by atoms with van der Waals surface area (Å²) in [6.45, 7) is 11.7. The molecular formula is C10H21N2O. The van der Waals surface area contributed by atoms with Crippen molar-refractivity contribution >= 4 is 0 Å². The van der Waals surface area contributed by atoms with Crippen molar-refractivity contribution in [2.45, 2.75) is 6.42 Å². The maximum absolute atomic E-state index is 5.05. The molecule has 1 heterocycles. The van der Waals surface area contributed by atoms with Gasteiger partial charge in [0.15, 0.2) is 0 Å². The van der Waals surface area contributed by atoms with Crippen LogP contribution in [0.4, 0.5) is 0 Å². The molecule has 1 aliphatic heterocycles. The molecule has 3 nitrogen and oxygen atoms in total. The molecule has 77 valence electrons. The van der Waals surface area contributed by atoms with Crippen LogP contribution in [0.1, 0.15) is 6.42 Å². The van der Waals surface area contributed by atoms with Gasteiger partial charge in [-0.05, 0) is 13.0 Å². The SMILES string of the molecule is [CH2]CCN1CCN(CCOC)CC1. The Labute approximate surface area is 81.7 Å². The van der Waals surface area contributed by atoms with Crippen LogP contribution in [0.2, 0.25) is 0 Å². The molecular weight excluding hydrogens is 164 g/mol. The van der Waals surface area contributed by atoms with Gasteiger partial charge in [-0.1, -0.05) is 6.92 Å². The van der Waals surface area contributed by atoms with Crippen molar-refractivity contribution in [1.82, 2.24) is 9.80 Å². The molecule has 0 aromatic rings. The van der Waals surface area contributed by atoms with Gasteiger partial charge in [0.2, 0.25) is 0 Å². The summed E-state index contributed by atoms with van der Waals surface area (Å²) in [5, 5.41) is 0. The van der Waals surface area contributed by atoms with E-state index in [2.05, 4.69) is 16.7 Å². The Balaban J connectivity index is 2.08. The van der Waals surface area contributed by atoms with Crippen molar-refractivity contribution in [3.63, 3.8) is 0 Å². The lowest BCUT2D eigenvalue weighted by Crippen LogP contribution is -2.47. The minimum absolute atomic E-state index is 0.856. The summed E-state index contributed by atoms with van der Waals surface area (Å²) in [5.41, 5.74) is 0. The molecule has 0 spiro atoms. The van der Waals surface area contributed by atoms with Crippen LogP contribution in [0.25, 0.3) is 0 Å². The van der Waals surface area contributed by atoms with Crippen LogP contribution in [0.15, 0.2) is 0 Å². The molecule has 1 fully saturated rings. The molecule has 0 unspecified atom stereocenters. The monoisotopic (exact) mass is 185 g/mol. The normalized spacial score (nSPS) is 20.8. The second-order valence-corrected chi connectivity index (χ2v) is 3.53. The van der Waals surface area contributed by atoms with Gasteiger partial charge < -0.3 is 9.64 Å². The molecule has 0 saturated carbocycles. The zero-order valence-corrected chi connectivity index (χ0v) is 8.67. The Kier molecular flexibility index (Phi) is 5.35. The van der Waals surface area contributed by atoms with E-state index >= 15 is 0 Å². The van der Waals surface area contributed by atoms with Crippen molar-refractivity contribution in [2.75, 3.05) is 53.0 Å². The highest BCUT2D eigenvalue weighted by Gasteiger charge is 2.14. The maximum atomic E-state index is 5.05. The van der Waals surface area contributed by atoms with Crippen molar-refractivity contribution in [3.05, 3.63) is 6.92 Å². The third-order valence-electron chi connectivity index (χ3n) is 2.55. The standard InChI is InChI=1S/C10H21N2O/c1-3-4-11-5-7-12(8-6-11)9-10-13-2/h1,3-10H2,2H3. The predicted molar refractivity (Wildman–Crippen MR) is 54.7 cm³/mol. The van der Waals surface area contributed by atoms with Crippen LogP contribution in [-0.2, 0) is 4.74 Å². The molecule has 0 N–H and O–H groups in total. The molecule has 0 amide bonds. The zero-order chi connectivity index (χ0) is 9.52. The highest BCUT2D eigenvalue weighted by atomic mass is 16.5. The maximum Gasteiger partial charge on any atom is 0.0589 e. The molecule has 0 aromatic heterocycles. The molecule has 1 radical (unpaired) electrons. The van der Waals surface area contributed by atoms with E-state index in [0.29, 0.717) is 0 Å². The Morgan fingerprint density at radius 2 is 1.62 bits per heavy atom. The first-order valence-corrected chi connectivity index (χ1v) is 5.09. The van der Waals surface area contributed by atoms with Gasteiger partial charge in [-0.2, -0.15) is 0 Å². The average Bonchev–Trinajstić information content (AvgIpc) is 2.17. The van der Waals surface area contributed by atoms with Gasteiger partial charge in [-0.3, -0.25) is 4.90 Å². The molecule has 0 aromatic carbocycles.